The van der Waals surface area contributed by atoms with Crippen LogP contribution >= 0.6 is 0 Å². The van der Waals surface area contributed by atoms with Gasteiger partial charge in [-0.1, -0.05) is 79.1 Å². The molecule has 0 radical (unpaired) electrons. The van der Waals surface area contributed by atoms with Crippen molar-refractivity contribution < 1.29 is 61.9 Å². The molecule has 0 aromatic heterocycles. The van der Waals surface area contributed by atoms with E-state index >= 15 is 0 Å². The van der Waals surface area contributed by atoms with Crippen LogP contribution in [0, 0.1) is 0 Å². The van der Waals surface area contributed by atoms with Gasteiger partial charge in [0.2, 0.25) is 0 Å². The molecule has 190 valence electrons. The molecule has 31 heavy (non-hydrogen) atoms. The van der Waals surface area contributed by atoms with Gasteiger partial charge in [-0.3, -0.25) is 4.90 Å². The van der Waals surface area contributed by atoms with Gasteiger partial charge in [0.15, 0.2) is 0 Å². The molecule has 0 saturated carbocycles. The number of aliphatic hydroxyl groups excluding tert-OH is 3. The summed E-state index contributed by atoms with van der Waals surface area (Å²) in [5.74, 6) is 0. The third kappa shape index (κ3) is 80.8. The van der Waals surface area contributed by atoms with Gasteiger partial charge in [0, 0.05) is 19.6 Å². The van der Waals surface area contributed by atoms with Crippen LogP contribution < -0.4 is 20.4 Å². The summed E-state index contributed by atoms with van der Waals surface area (Å²) in [6.07, 6.45) is 7.46. The van der Waals surface area contributed by atoms with Crippen LogP contribution in [-0.4, -0.2) is 86.1 Å². The zero-order valence-electron chi connectivity index (χ0n) is 20.6. The van der Waals surface area contributed by atoms with Crippen molar-refractivity contribution in [3.05, 3.63) is 0 Å². The first kappa shape index (κ1) is 45.1. The predicted octanol–water partition coefficient (Wildman–Crippen LogP) is -1.15. The molecule has 0 fully saturated rings. The van der Waals surface area contributed by atoms with Gasteiger partial charge in [-0.2, -0.15) is 0 Å². The molecule has 0 atom stereocenters. The summed E-state index contributed by atoms with van der Waals surface area (Å²) in [5.41, 5.74) is 0. The predicted molar refractivity (Wildman–Crippen MR) is 117 cm³/mol. The minimum atomic E-state index is 0. The number of aliphatic hydroxyl groups is 3. The van der Waals surface area contributed by atoms with E-state index in [-0.39, 0.29) is 72.5 Å². The van der Waals surface area contributed by atoms with Crippen molar-refractivity contribution in [3.8, 4) is 0 Å². The quantitative estimate of drug-likeness (QED) is 0.253. The molecule has 0 amide bonds. The van der Waals surface area contributed by atoms with Gasteiger partial charge in [0.25, 0.3) is 0 Å². The van der Waals surface area contributed by atoms with Gasteiger partial charge in [-0.15, -0.1) is 26.4 Å². The number of hydrogen-bond acceptors (Lipinski definition) is 8. The van der Waals surface area contributed by atoms with Gasteiger partial charge in [-0.05, 0) is 0 Å². The zero-order valence-corrected chi connectivity index (χ0v) is 23.1. The summed E-state index contributed by atoms with van der Waals surface area (Å²) in [7, 11) is 0. The summed E-state index contributed by atoms with van der Waals surface area (Å²) in [6.45, 7) is 10.2. The second-order valence-corrected chi connectivity index (χ2v) is 6.24. The SMILES string of the molecule is CCCC[O-].CCCC[O-].CCCC[O-].CCCC[O-].OCCN(CCO)CCO.[Zr+4]. The maximum atomic E-state index is 9.53. The van der Waals surface area contributed by atoms with Crippen molar-refractivity contribution in [2.75, 3.05) is 65.9 Å². The summed E-state index contributed by atoms with van der Waals surface area (Å²) in [4.78, 5) is 1.79. The first-order valence-electron chi connectivity index (χ1n) is 11.4. The molecule has 0 aromatic carbocycles. The molecular weight excluding hydrogens is 481 g/mol. The Labute approximate surface area is 211 Å². The van der Waals surface area contributed by atoms with E-state index in [1.807, 2.05) is 27.7 Å². The number of nitrogens with zero attached hydrogens (tertiary/aromatic N) is 1. The van der Waals surface area contributed by atoms with Crippen molar-refractivity contribution in [3.63, 3.8) is 0 Å². The third-order valence-corrected chi connectivity index (χ3v) is 3.24. The molecule has 0 aliphatic heterocycles. The molecule has 9 heteroatoms. The second kappa shape index (κ2) is 57.4. The van der Waals surface area contributed by atoms with Crippen LogP contribution in [0.3, 0.4) is 0 Å². The average Bonchev–Trinajstić information content (AvgIpc) is 2.73. The number of hydrogen-bond donors (Lipinski definition) is 3. The van der Waals surface area contributed by atoms with Crippen molar-refractivity contribution in [1.82, 2.24) is 4.90 Å². The van der Waals surface area contributed by atoms with E-state index in [1.54, 1.807) is 4.90 Å². The van der Waals surface area contributed by atoms with Crippen molar-refractivity contribution in [1.29, 1.82) is 0 Å². The van der Waals surface area contributed by atoms with Crippen molar-refractivity contribution in [2.24, 2.45) is 0 Å². The minimum Gasteiger partial charge on any atom is -0.854 e. The molecule has 0 aliphatic carbocycles. The summed E-state index contributed by atoms with van der Waals surface area (Å²) >= 11 is 0. The van der Waals surface area contributed by atoms with Gasteiger partial charge in [0.05, 0.1) is 19.8 Å². The van der Waals surface area contributed by atoms with Crippen molar-refractivity contribution in [2.45, 2.75) is 79.1 Å². The fourth-order valence-electron chi connectivity index (χ4n) is 1.34. The van der Waals surface area contributed by atoms with E-state index < -0.39 is 0 Å². The van der Waals surface area contributed by atoms with Gasteiger partial charge >= 0.3 is 26.2 Å². The standard InChI is InChI=1S/C6H15NO3.4C4H9O.Zr/c8-4-1-7(2-5-9)3-6-10;4*1-2-3-4-5;/h8-10H,1-6H2;4*2-4H2,1H3;/q;4*-1;+4. The Kier molecular flexibility index (Phi) is 83.6. The normalized spacial score (nSPS) is 8.90. The van der Waals surface area contributed by atoms with Crippen LogP contribution in [0.1, 0.15) is 79.1 Å². The smallest absolute Gasteiger partial charge is 0.854 e. The summed E-state index contributed by atoms with van der Waals surface area (Å²) in [5, 5.41) is 63.6. The molecule has 3 N–H and O–H groups in total. The Balaban J connectivity index is -0.0000000652. The Morgan fingerprint density at radius 1 is 0.484 bits per heavy atom. The summed E-state index contributed by atoms with van der Waals surface area (Å²) < 4.78 is 0. The molecule has 8 nitrogen and oxygen atoms in total. The first-order chi connectivity index (χ1) is 14.5. The zero-order chi connectivity index (χ0) is 24.3. The van der Waals surface area contributed by atoms with E-state index in [1.165, 1.54) is 0 Å². The molecule has 0 heterocycles. The van der Waals surface area contributed by atoms with Gasteiger partial charge in [0.1, 0.15) is 0 Å². The first-order valence-corrected chi connectivity index (χ1v) is 11.4. The van der Waals surface area contributed by atoms with Gasteiger partial charge < -0.3 is 35.7 Å². The fraction of sp³-hybridized carbons (Fsp3) is 1.00. The Morgan fingerprint density at radius 3 is 0.742 bits per heavy atom. The van der Waals surface area contributed by atoms with Crippen LogP contribution in [0.4, 0.5) is 0 Å². The monoisotopic (exact) mass is 531 g/mol. The van der Waals surface area contributed by atoms with E-state index in [0.29, 0.717) is 19.6 Å². The van der Waals surface area contributed by atoms with Crippen molar-refractivity contribution >= 4 is 0 Å². The molecule has 0 saturated heterocycles. The maximum Gasteiger partial charge on any atom is 4.00 e. The molecule has 0 aliphatic rings. The minimum absolute atomic E-state index is 0. The third-order valence-electron chi connectivity index (χ3n) is 3.24. The van der Waals surface area contributed by atoms with E-state index in [4.69, 9.17) is 15.3 Å². The second-order valence-electron chi connectivity index (χ2n) is 6.24. The van der Waals surface area contributed by atoms with Crippen LogP contribution in [0.15, 0.2) is 0 Å². The molecule has 0 spiro atoms. The van der Waals surface area contributed by atoms with Crippen LogP contribution in [-0.2, 0) is 26.2 Å². The van der Waals surface area contributed by atoms with Crippen LogP contribution in [0.2, 0.25) is 0 Å². The largest absolute Gasteiger partial charge is 4.00 e. The maximum absolute atomic E-state index is 9.53. The number of rotatable bonds is 14. The van der Waals surface area contributed by atoms with E-state index in [2.05, 4.69) is 0 Å². The number of unbranched alkanes of at least 4 members (excludes halogenated alkanes) is 4. The van der Waals surface area contributed by atoms with E-state index in [0.717, 1.165) is 51.4 Å². The van der Waals surface area contributed by atoms with Crippen LogP contribution in [0.5, 0.6) is 0 Å². The Morgan fingerprint density at radius 2 is 0.677 bits per heavy atom. The Bertz CT molecular complexity index is 174. The molecule has 0 bridgehead atoms. The average molecular weight is 533 g/mol. The molecule has 0 aromatic rings. The van der Waals surface area contributed by atoms with Crippen LogP contribution in [0.25, 0.3) is 0 Å². The summed E-state index contributed by atoms with van der Waals surface area (Å²) in [6, 6.07) is 0. The Hall–Kier alpha value is 0.563. The molecule has 0 rings (SSSR count). The topological polar surface area (TPSA) is 156 Å². The van der Waals surface area contributed by atoms with E-state index in [9.17, 15) is 20.4 Å². The van der Waals surface area contributed by atoms with Gasteiger partial charge in [-0.25, -0.2) is 0 Å². The fourth-order valence-corrected chi connectivity index (χ4v) is 1.34. The molecular formula is C22H51NO7Zr. The molecule has 0 unspecified atom stereocenters.